The lowest BCUT2D eigenvalue weighted by Gasteiger charge is -2.43. The fraction of sp³-hybridized carbons (Fsp3) is 0.615. The molecule has 1 aromatic rings. The van der Waals surface area contributed by atoms with Crippen LogP contribution in [0.3, 0.4) is 0 Å². The molecule has 98 valence electrons. The van der Waals surface area contributed by atoms with E-state index in [0.717, 1.165) is 25.5 Å². The van der Waals surface area contributed by atoms with Crippen molar-refractivity contribution in [2.75, 3.05) is 0 Å². The topological polar surface area (TPSA) is 50.2 Å². The summed E-state index contributed by atoms with van der Waals surface area (Å²) in [7, 11) is -0.836. The number of pyridine rings is 1. The molecule has 0 aliphatic carbocycles. The summed E-state index contributed by atoms with van der Waals surface area (Å²) in [5.41, 5.74) is -0.533. The average molecular weight is 269 g/mol. The molecule has 0 saturated carbocycles. The Morgan fingerprint density at radius 3 is 2.61 bits per heavy atom. The van der Waals surface area contributed by atoms with Crippen LogP contribution < -0.4 is 0 Å². The molecule has 0 aromatic carbocycles. The maximum Gasteiger partial charge on any atom is 0.141 e. The normalized spacial score (nSPS) is 39.6. The second-order valence-corrected chi connectivity index (χ2v) is 7.33. The highest BCUT2D eigenvalue weighted by molar-refractivity contribution is 7.86. The number of rotatable bonds is 1. The molecule has 1 N–H and O–H groups in total. The van der Waals surface area contributed by atoms with E-state index in [1.165, 1.54) is 12.3 Å². The largest absolute Gasteiger partial charge is 0.385 e. The van der Waals surface area contributed by atoms with Crippen LogP contribution in [0.4, 0.5) is 4.39 Å². The standard InChI is InChI=1S/C13H16FNO2S/c14-10-4-9(7-15-8-10)13(16)5-11-2-1-3-12(6-13)18(11)17/h4,7-8,11-12,16H,1-3,5-6H2. The monoisotopic (exact) mass is 269 g/mol. The molecule has 2 unspecified atom stereocenters. The molecule has 18 heavy (non-hydrogen) atoms. The van der Waals surface area contributed by atoms with Gasteiger partial charge in [0, 0.05) is 33.1 Å². The molecule has 0 radical (unpaired) electrons. The molecule has 2 aliphatic rings. The maximum absolute atomic E-state index is 13.2. The van der Waals surface area contributed by atoms with E-state index in [-0.39, 0.29) is 10.5 Å². The van der Waals surface area contributed by atoms with Gasteiger partial charge in [0.2, 0.25) is 0 Å². The number of aromatic nitrogens is 1. The number of nitrogens with zero attached hydrogens (tertiary/aromatic N) is 1. The van der Waals surface area contributed by atoms with Gasteiger partial charge in [-0.25, -0.2) is 4.39 Å². The van der Waals surface area contributed by atoms with Crippen LogP contribution in [-0.2, 0) is 16.4 Å². The molecule has 2 aliphatic heterocycles. The predicted octanol–water partition coefficient (Wildman–Crippen LogP) is 1.87. The molecule has 1 aromatic heterocycles. The predicted molar refractivity (Wildman–Crippen MR) is 66.9 cm³/mol. The Kier molecular flexibility index (Phi) is 2.98. The Hall–Kier alpha value is -0.810. The van der Waals surface area contributed by atoms with Crippen molar-refractivity contribution in [2.45, 2.75) is 48.2 Å². The summed E-state index contributed by atoms with van der Waals surface area (Å²) in [4.78, 5) is 3.81. The van der Waals surface area contributed by atoms with Crippen molar-refractivity contribution in [3.63, 3.8) is 0 Å². The third-order valence-corrected chi connectivity index (χ3v) is 6.20. The molecule has 5 heteroatoms. The SMILES string of the molecule is O=S1C2CCCC1CC(O)(c1cncc(F)c1)C2. The first-order valence-electron chi connectivity index (χ1n) is 6.31. The zero-order valence-electron chi connectivity index (χ0n) is 10.0. The first kappa shape index (κ1) is 12.2. The molecule has 3 nitrogen and oxygen atoms in total. The van der Waals surface area contributed by atoms with Crippen molar-refractivity contribution >= 4 is 10.8 Å². The van der Waals surface area contributed by atoms with Crippen molar-refractivity contribution < 1.29 is 13.7 Å². The van der Waals surface area contributed by atoms with Gasteiger partial charge in [0.05, 0.1) is 11.8 Å². The van der Waals surface area contributed by atoms with Gasteiger partial charge in [-0.1, -0.05) is 6.42 Å². The minimum Gasteiger partial charge on any atom is -0.385 e. The van der Waals surface area contributed by atoms with Gasteiger partial charge in [-0.2, -0.15) is 0 Å². The Labute approximate surface area is 108 Å². The fourth-order valence-electron chi connectivity index (χ4n) is 3.18. The van der Waals surface area contributed by atoms with Crippen LogP contribution in [0.1, 0.15) is 37.7 Å². The number of hydrogen-bond acceptors (Lipinski definition) is 3. The van der Waals surface area contributed by atoms with Gasteiger partial charge in [-0.15, -0.1) is 0 Å². The minimum atomic E-state index is -1.06. The van der Waals surface area contributed by atoms with Crippen molar-refractivity contribution in [1.82, 2.24) is 4.98 Å². The summed E-state index contributed by atoms with van der Waals surface area (Å²) in [6.07, 6.45) is 6.45. The maximum atomic E-state index is 13.2. The van der Waals surface area contributed by atoms with Crippen LogP contribution in [0.25, 0.3) is 0 Å². The fourth-order valence-corrected chi connectivity index (χ4v) is 5.41. The molecule has 2 fully saturated rings. The molecule has 2 saturated heterocycles. The first-order valence-corrected chi connectivity index (χ1v) is 7.59. The highest BCUT2D eigenvalue weighted by atomic mass is 32.2. The smallest absolute Gasteiger partial charge is 0.141 e. The summed E-state index contributed by atoms with van der Waals surface area (Å²) < 4.78 is 25.3. The van der Waals surface area contributed by atoms with Gasteiger partial charge in [-0.05, 0) is 31.7 Å². The van der Waals surface area contributed by atoms with Gasteiger partial charge < -0.3 is 5.11 Å². The van der Waals surface area contributed by atoms with Crippen LogP contribution in [0, 0.1) is 5.82 Å². The lowest BCUT2D eigenvalue weighted by Crippen LogP contribution is -2.47. The summed E-state index contributed by atoms with van der Waals surface area (Å²) in [5.74, 6) is -0.433. The van der Waals surface area contributed by atoms with Gasteiger partial charge in [0.25, 0.3) is 0 Å². The second-order valence-electron chi connectivity index (χ2n) is 5.34. The van der Waals surface area contributed by atoms with Crippen LogP contribution in [0.15, 0.2) is 18.5 Å². The van der Waals surface area contributed by atoms with Gasteiger partial charge in [0.15, 0.2) is 0 Å². The third kappa shape index (κ3) is 1.99. The van der Waals surface area contributed by atoms with E-state index >= 15 is 0 Å². The van der Waals surface area contributed by atoms with E-state index in [9.17, 15) is 13.7 Å². The van der Waals surface area contributed by atoms with Crippen LogP contribution in [0.2, 0.25) is 0 Å². The van der Waals surface area contributed by atoms with Crippen molar-refractivity contribution in [3.8, 4) is 0 Å². The molecule has 0 spiro atoms. The van der Waals surface area contributed by atoms with Crippen LogP contribution in [0.5, 0.6) is 0 Å². The van der Waals surface area contributed by atoms with E-state index in [2.05, 4.69) is 4.98 Å². The highest BCUT2D eigenvalue weighted by Crippen LogP contribution is 2.44. The van der Waals surface area contributed by atoms with E-state index < -0.39 is 22.2 Å². The van der Waals surface area contributed by atoms with E-state index in [4.69, 9.17) is 0 Å². The summed E-state index contributed by atoms with van der Waals surface area (Å²) in [6.45, 7) is 0. The van der Waals surface area contributed by atoms with Crippen molar-refractivity contribution in [2.24, 2.45) is 0 Å². The molecular formula is C13H16FNO2S. The third-order valence-electron chi connectivity index (χ3n) is 4.08. The number of aliphatic hydroxyl groups is 1. The first-order chi connectivity index (χ1) is 8.58. The zero-order chi connectivity index (χ0) is 12.8. The number of hydrogen-bond donors (Lipinski definition) is 1. The Morgan fingerprint density at radius 1 is 1.33 bits per heavy atom. The summed E-state index contributed by atoms with van der Waals surface area (Å²) in [5, 5.41) is 10.8. The minimum absolute atomic E-state index is 0.0470. The Balaban J connectivity index is 1.94. The molecule has 3 rings (SSSR count). The van der Waals surface area contributed by atoms with Crippen LogP contribution >= 0.6 is 0 Å². The molecule has 2 bridgehead atoms. The second kappa shape index (κ2) is 4.38. The van der Waals surface area contributed by atoms with E-state index in [1.54, 1.807) is 0 Å². The lowest BCUT2D eigenvalue weighted by atomic mass is 9.81. The van der Waals surface area contributed by atoms with E-state index in [0.29, 0.717) is 18.4 Å². The number of halogens is 1. The summed E-state index contributed by atoms with van der Waals surface area (Å²) in [6, 6.07) is 1.34. The molecule has 3 heterocycles. The highest BCUT2D eigenvalue weighted by Gasteiger charge is 2.46. The lowest BCUT2D eigenvalue weighted by molar-refractivity contribution is 0.00595. The van der Waals surface area contributed by atoms with Gasteiger partial charge >= 0.3 is 0 Å². The molecule has 0 amide bonds. The van der Waals surface area contributed by atoms with Gasteiger partial charge in [0.1, 0.15) is 5.82 Å². The molecule has 2 atom stereocenters. The number of fused-ring (bicyclic) bond motifs is 2. The summed E-state index contributed by atoms with van der Waals surface area (Å²) >= 11 is 0. The Bertz CT molecular complexity index is 478. The van der Waals surface area contributed by atoms with Crippen molar-refractivity contribution in [1.29, 1.82) is 0 Å². The average Bonchev–Trinajstić information content (AvgIpc) is 2.31. The van der Waals surface area contributed by atoms with Crippen LogP contribution in [-0.4, -0.2) is 24.8 Å². The quantitative estimate of drug-likeness (QED) is 0.846. The Morgan fingerprint density at radius 2 is 2.00 bits per heavy atom. The zero-order valence-corrected chi connectivity index (χ0v) is 10.8. The molecular weight excluding hydrogens is 253 g/mol. The van der Waals surface area contributed by atoms with Gasteiger partial charge in [-0.3, -0.25) is 9.19 Å². The van der Waals surface area contributed by atoms with Crippen molar-refractivity contribution in [3.05, 3.63) is 29.8 Å². The van der Waals surface area contributed by atoms with E-state index in [1.807, 2.05) is 0 Å².